The lowest BCUT2D eigenvalue weighted by atomic mass is 9.84. The average Bonchev–Trinajstić information content (AvgIpc) is 2.69. The van der Waals surface area contributed by atoms with Crippen molar-refractivity contribution in [2.24, 2.45) is 0 Å². The van der Waals surface area contributed by atoms with E-state index in [1.807, 2.05) is 0 Å². The topological polar surface area (TPSA) is 93.1 Å². The highest BCUT2D eigenvalue weighted by Gasteiger charge is 2.28. The molecular weight excluding hydrogens is 336 g/mol. The molecule has 0 aliphatic heterocycles. The van der Waals surface area contributed by atoms with Gasteiger partial charge in [-0.15, -0.1) is 0 Å². The molecule has 6 heteroatoms. The van der Waals surface area contributed by atoms with Crippen molar-refractivity contribution in [2.75, 3.05) is 39.6 Å². The van der Waals surface area contributed by atoms with Gasteiger partial charge in [-0.25, -0.2) is 0 Å². The zero-order chi connectivity index (χ0) is 18.8. The van der Waals surface area contributed by atoms with Gasteiger partial charge in [0, 0.05) is 22.3 Å². The van der Waals surface area contributed by atoms with Crippen LogP contribution >= 0.6 is 0 Å². The lowest BCUT2D eigenvalue weighted by Crippen LogP contribution is -2.20. The molecule has 2 N–H and O–H groups in total. The number of benzene rings is 2. The van der Waals surface area contributed by atoms with Crippen molar-refractivity contribution in [3.8, 4) is 0 Å². The SMILES string of the molecule is O=C1c2ccccc2C(=O)c2ccccc21.OCCOCCOCCO. The maximum atomic E-state index is 12.1. The minimum absolute atomic E-state index is 0.0417. The van der Waals surface area contributed by atoms with E-state index in [-0.39, 0.29) is 24.8 Å². The maximum Gasteiger partial charge on any atom is 0.194 e. The van der Waals surface area contributed by atoms with Gasteiger partial charge in [-0.3, -0.25) is 9.59 Å². The number of aliphatic hydroxyl groups is 2. The van der Waals surface area contributed by atoms with Gasteiger partial charge in [-0.05, 0) is 0 Å². The highest BCUT2D eigenvalue weighted by molar-refractivity contribution is 6.28. The molecule has 2 aromatic rings. The van der Waals surface area contributed by atoms with E-state index >= 15 is 0 Å². The third kappa shape index (κ3) is 5.06. The number of hydrogen-bond donors (Lipinski definition) is 2. The van der Waals surface area contributed by atoms with E-state index in [9.17, 15) is 9.59 Å². The van der Waals surface area contributed by atoms with E-state index in [0.717, 1.165) is 0 Å². The van der Waals surface area contributed by atoms with Gasteiger partial charge in [0.2, 0.25) is 0 Å². The molecule has 0 bridgehead atoms. The molecule has 2 aromatic carbocycles. The van der Waals surface area contributed by atoms with E-state index in [2.05, 4.69) is 0 Å². The molecule has 138 valence electrons. The van der Waals surface area contributed by atoms with Crippen molar-refractivity contribution in [1.29, 1.82) is 0 Å². The van der Waals surface area contributed by atoms with Crippen LogP contribution in [-0.4, -0.2) is 61.4 Å². The molecule has 1 aliphatic carbocycles. The maximum absolute atomic E-state index is 12.1. The van der Waals surface area contributed by atoms with Crippen LogP contribution in [0, 0.1) is 0 Å². The summed E-state index contributed by atoms with van der Waals surface area (Å²) in [6.45, 7) is 1.73. The third-order valence-corrected chi connectivity index (χ3v) is 3.68. The quantitative estimate of drug-likeness (QED) is 0.621. The first-order chi connectivity index (χ1) is 12.7. The van der Waals surface area contributed by atoms with Crippen molar-refractivity contribution in [3.63, 3.8) is 0 Å². The molecule has 0 spiro atoms. The molecule has 0 radical (unpaired) electrons. The number of hydrogen-bond acceptors (Lipinski definition) is 6. The second-order valence-electron chi connectivity index (χ2n) is 5.42. The molecule has 0 saturated carbocycles. The Morgan fingerprint density at radius 1 is 0.577 bits per heavy atom. The number of fused-ring (bicyclic) bond motifs is 2. The third-order valence-electron chi connectivity index (χ3n) is 3.68. The molecule has 6 nitrogen and oxygen atoms in total. The number of carbonyl (C=O) groups is 2. The Morgan fingerprint density at radius 3 is 1.15 bits per heavy atom. The van der Waals surface area contributed by atoms with Crippen molar-refractivity contribution < 1.29 is 29.3 Å². The summed E-state index contributed by atoms with van der Waals surface area (Å²) in [7, 11) is 0. The summed E-state index contributed by atoms with van der Waals surface area (Å²) < 4.78 is 9.75. The lowest BCUT2D eigenvalue weighted by molar-refractivity contribution is 0.0222. The summed E-state index contributed by atoms with van der Waals surface area (Å²) in [6.07, 6.45) is 0. The Morgan fingerprint density at radius 2 is 0.885 bits per heavy atom. The molecule has 0 atom stereocenters. The van der Waals surface area contributed by atoms with E-state index < -0.39 is 0 Å². The van der Waals surface area contributed by atoms with Gasteiger partial charge in [-0.1, -0.05) is 48.5 Å². The Labute approximate surface area is 152 Å². The first-order valence-corrected chi connectivity index (χ1v) is 8.35. The van der Waals surface area contributed by atoms with Crippen molar-refractivity contribution in [3.05, 3.63) is 70.8 Å². The fraction of sp³-hybridized carbons (Fsp3) is 0.300. The van der Waals surface area contributed by atoms with Crippen LogP contribution < -0.4 is 0 Å². The summed E-state index contributed by atoms with van der Waals surface area (Å²) in [4.78, 5) is 24.2. The zero-order valence-corrected chi connectivity index (χ0v) is 14.4. The van der Waals surface area contributed by atoms with Gasteiger partial charge >= 0.3 is 0 Å². The molecule has 0 heterocycles. The molecular formula is C20H22O6. The summed E-state index contributed by atoms with van der Waals surface area (Å²) in [5.41, 5.74) is 2.02. The van der Waals surface area contributed by atoms with Gasteiger partial charge in [0.25, 0.3) is 0 Å². The highest BCUT2D eigenvalue weighted by atomic mass is 16.5. The van der Waals surface area contributed by atoms with Gasteiger partial charge in [-0.2, -0.15) is 0 Å². The van der Waals surface area contributed by atoms with Crippen LogP contribution in [0.1, 0.15) is 31.8 Å². The standard InChI is InChI=1S/C14H8O2.C6H14O4/c15-13-9-5-1-2-6-10(9)14(16)12-8-4-3-7-11(12)13;7-1-3-9-5-6-10-4-2-8/h1-8H;7-8H,1-6H2. The average molecular weight is 358 g/mol. The molecule has 26 heavy (non-hydrogen) atoms. The second-order valence-corrected chi connectivity index (χ2v) is 5.42. The van der Waals surface area contributed by atoms with Crippen LogP contribution in [0.2, 0.25) is 0 Å². The monoisotopic (exact) mass is 358 g/mol. The lowest BCUT2D eigenvalue weighted by Gasteiger charge is -2.16. The van der Waals surface area contributed by atoms with Crippen LogP contribution in [0.4, 0.5) is 0 Å². The summed E-state index contributed by atoms with van der Waals surface area (Å²) >= 11 is 0. The van der Waals surface area contributed by atoms with E-state index in [1.165, 1.54) is 0 Å². The number of aliphatic hydroxyl groups excluding tert-OH is 2. The van der Waals surface area contributed by atoms with Crippen LogP contribution in [-0.2, 0) is 9.47 Å². The summed E-state index contributed by atoms with van der Waals surface area (Å²) in [5, 5.41) is 16.5. The van der Waals surface area contributed by atoms with Crippen molar-refractivity contribution in [2.45, 2.75) is 0 Å². The first kappa shape index (κ1) is 19.9. The molecule has 0 aromatic heterocycles. The van der Waals surface area contributed by atoms with Gasteiger partial charge in [0.15, 0.2) is 11.6 Å². The smallest absolute Gasteiger partial charge is 0.194 e. The van der Waals surface area contributed by atoms with Crippen LogP contribution in [0.15, 0.2) is 48.5 Å². The Kier molecular flexibility index (Phi) is 8.11. The summed E-state index contributed by atoms with van der Waals surface area (Å²) in [5.74, 6) is -0.128. The van der Waals surface area contributed by atoms with Crippen molar-refractivity contribution >= 4 is 11.6 Å². The van der Waals surface area contributed by atoms with Crippen LogP contribution in [0.5, 0.6) is 0 Å². The largest absolute Gasteiger partial charge is 0.394 e. The van der Waals surface area contributed by atoms with E-state index in [0.29, 0.717) is 48.7 Å². The molecule has 0 fully saturated rings. The van der Waals surface area contributed by atoms with Crippen LogP contribution in [0.25, 0.3) is 0 Å². The minimum atomic E-state index is -0.0641. The molecule has 0 amide bonds. The number of carbonyl (C=O) groups excluding carboxylic acids is 2. The number of ketones is 2. The second kappa shape index (κ2) is 10.6. The minimum Gasteiger partial charge on any atom is -0.394 e. The molecule has 0 saturated heterocycles. The fourth-order valence-electron chi connectivity index (χ4n) is 2.50. The number of ether oxygens (including phenoxy) is 2. The number of rotatable bonds is 7. The van der Waals surface area contributed by atoms with Gasteiger partial charge in [0.05, 0.1) is 39.6 Å². The predicted molar refractivity (Wildman–Crippen MR) is 95.6 cm³/mol. The fourth-order valence-corrected chi connectivity index (χ4v) is 2.50. The predicted octanol–water partition coefficient (Wildman–Crippen LogP) is 1.47. The zero-order valence-electron chi connectivity index (χ0n) is 14.4. The van der Waals surface area contributed by atoms with Crippen molar-refractivity contribution in [1.82, 2.24) is 0 Å². The van der Waals surface area contributed by atoms with E-state index in [4.69, 9.17) is 19.7 Å². The normalized spacial score (nSPS) is 12.1. The summed E-state index contributed by atoms with van der Waals surface area (Å²) in [6, 6.07) is 13.9. The Balaban J connectivity index is 0.000000213. The molecule has 1 aliphatic rings. The molecule has 3 rings (SSSR count). The Hall–Kier alpha value is -2.38. The van der Waals surface area contributed by atoms with Gasteiger partial charge in [0.1, 0.15) is 0 Å². The van der Waals surface area contributed by atoms with Crippen LogP contribution in [0.3, 0.4) is 0 Å². The van der Waals surface area contributed by atoms with Gasteiger partial charge < -0.3 is 19.7 Å². The first-order valence-electron chi connectivity index (χ1n) is 8.35. The molecule has 0 unspecified atom stereocenters. The highest BCUT2D eigenvalue weighted by Crippen LogP contribution is 2.26. The Bertz CT molecular complexity index is 627. The van der Waals surface area contributed by atoms with E-state index in [1.54, 1.807) is 48.5 Å².